The summed E-state index contributed by atoms with van der Waals surface area (Å²) in [7, 11) is 0. The molecule has 0 bridgehead atoms. The molecule has 8 nitrogen and oxygen atoms in total. The zero-order chi connectivity index (χ0) is 30.8. The molecule has 0 radical (unpaired) electrons. The molecule has 1 amide bonds. The molecular weight excluding hydrogens is 585 g/mol. The average molecular weight is 604 g/mol. The lowest BCUT2D eigenvalue weighted by molar-refractivity contribution is -0.153. The second-order valence-electron chi connectivity index (χ2n) is 9.24. The lowest BCUT2D eigenvalue weighted by Crippen LogP contribution is -2.26. The van der Waals surface area contributed by atoms with Gasteiger partial charge in [-0.25, -0.2) is 14.4 Å². The van der Waals surface area contributed by atoms with Crippen LogP contribution in [0.3, 0.4) is 0 Å². The molecule has 15 heteroatoms. The fraction of sp³-hybridized carbons (Fsp3) is 0.179. The molecule has 222 valence electrons. The van der Waals surface area contributed by atoms with Crippen LogP contribution in [0.5, 0.6) is 5.88 Å². The van der Waals surface area contributed by atoms with E-state index in [2.05, 4.69) is 30.2 Å². The highest BCUT2D eigenvalue weighted by atomic mass is 19.4. The first-order valence-corrected chi connectivity index (χ1v) is 12.4. The number of ether oxygens (including phenoxy) is 1. The number of carbonyl (C=O) groups excluding carboxylic acids is 1. The van der Waals surface area contributed by atoms with E-state index in [0.717, 1.165) is 30.6 Å². The van der Waals surface area contributed by atoms with Crippen LogP contribution in [0.25, 0.3) is 33.5 Å². The first-order valence-electron chi connectivity index (χ1n) is 12.4. The second kappa shape index (κ2) is 11.7. The Labute approximate surface area is 238 Å². The molecule has 2 N–H and O–H groups in total. The molecule has 0 aliphatic rings. The molecule has 0 unspecified atom stereocenters. The largest absolute Gasteiger partial charge is 0.466 e. The minimum Gasteiger partial charge on any atom is -0.466 e. The van der Waals surface area contributed by atoms with Crippen LogP contribution < -0.4 is 10.1 Å². The minimum atomic E-state index is -4.71. The number of alkyl halides is 6. The molecule has 0 spiro atoms. The Kier molecular flexibility index (Phi) is 7.98. The Morgan fingerprint density at radius 2 is 1.67 bits per heavy atom. The zero-order valence-electron chi connectivity index (χ0n) is 21.7. The van der Waals surface area contributed by atoms with Crippen LogP contribution in [0.4, 0.5) is 36.6 Å². The van der Waals surface area contributed by atoms with E-state index in [0.29, 0.717) is 16.8 Å². The van der Waals surface area contributed by atoms with E-state index in [1.54, 1.807) is 18.2 Å². The van der Waals surface area contributed by atoms with Crippen LogP contribution in [0.1, 0.15) is 17.9 Å². The summed E-state index contributed by atoms with van der Waals surface area (Å²) in [6.45, 7) is -1.61. The number of fused-ring (bicyclic) bond motifs is 1. The van der Waals surface area contributed by atoms with Gasteiger partial charge in [-0.05, 0) is 42.0 Å². The Morgan fingerprint density at radius 1 is 0.907 bits per heavy atom. The molecule has 0 aliphatic heterocycles. The van der Waals surface area contributed by atoms with Crippen molar-refractivity contribution in [1.29, 1.82) is 0 Å². The normalized spacial score (nSPS) is 12.7. The maximum absolute atomic E-state index is 13.4. The fourth-order valence-electron chi connectivity index (χ4n) is 4.37. The zero-order valence-corrected chi connectivity index (χ0v) is 21.7. The quantitative estimate of drug-likeness (QED) is 0.188. The SMILES string of the molecule is O=C(Nc1cc(-c2[nH]c3c(OCC(F)(F)F)ncnc3c2-c2ccccn2)ccn1)[C@H](CC(F)(F)F)c1ccc(F)cc1. The molecule has 4 aromatic heterocycles. The van der Waals surface area contributed by atoms with Gasteiger partial charge in [0.25, 0.3) is 0 Å². The molecule has 0 aliphatic carbocycles. The number of anilines is 1. The number of halogens is 7. The molecular formula is C28H19F7N6O2. The standard InChI is InChI=1S/C28H19F7N6O2/c29-17-6-4-15(5-7-17)18(12-27(30,31)32)25(42)40-20-11-16(8-10-37-20)22-21(19-3-1-2-9-36-19)23-24(41-22)26(39-14-38-23)43-13-28(33,34)35/h1-11,14,18,41H,12-13H2,(H,37,40,42)/t18-/m1/s1. The van der Waals surface area contributed by atoms with Crippen LogP contribution in [-0.4, -0.2) is 49.8 Å². The van der Waals surface area contributed by atoms with Gasteiger partial charge in [0.05, 0.1) is 29.3 Å². The smallest absolute Gasteiger partial charge is 0.422 e. The van der Waals surface area contributed by atoms with Gasteiger partial charge in [0.15, 0.2) is 6.61 Å². The van der Waals surface area contributed by atoms with Gasteiger partial charge >= 0.3 is 12.4 Å². The summed E-state index contributed by atoms with van der Waals surface area (Å²) in [5.41, 5.74) is 1.53. The number of benzene rings is 1. The van der Waals surface area contributed by atoms with Gasteiger partial charge < -0.3 is 15.0 Å². The molecule has 0 saturated heterocycles. The van der Waals surface area contributed by atoms with Crippen molar-refractivity contribution in [3.63, 3.8) is 0 Å². The van der Waals surface area contributed by atoms with Crippen molar-refractivity contribution in [3.05, 3.63) is 84.7 Å². The molecule has 5 aromatic rings. The highest BCUT2D eigenvalue weighted by molar-refractivity contribution is 6.02. The summed E-state index contributed by atoms with van der Waals surface area (Å²) in [6.07, 6.45) is -7.04. The van der Waals surface area contributed by atoms with Crippen LogP contribution in [-0.2, 0) is 4.79 Å². The topological polar surface area (TPSA) is 106 Å². The first kappa shape index (κ1) is 29.4. The van der Waals surface area contributed by atoms with Gasteiger partial charge in [0.1, 0.15) is 29.0 Å². The Morgan fingerprint density at radius 3 is 2.35 bits per heavy atom. The summed E-state index contributed by atoms with van der Waals surface area (Å²) in [4.78, 5) is 32.4. The Hall–Kier alpha value is -5.08. The van der Waals surface area contributed by atoms with Crippen molar-refractivity contribution in [2.24, 2.45) is 0 Å². The van der Waals surface area contributed by atoms with Crippen LogP contribution in [0.2, 0.25) is 0 Å². The number of nitrogens with zero attached hydrogens (tertiary/aromatic N) is 4. The Bertz CT molecular complexity index is 1740. The average Bonchev–Trinajstić information content (AvgIpc) is 3.35. The van der Waals surface area contributed by atoms with Crippen LogP contribution >= 0.6 is 0 Å². The highest BCUT2D eigenvalue weighted by Gasteiger charge is 2.36. The number of carbonyl (C=O) groups is 1. The molecule has 43 heavy (non-hydrogen) atoms. The maximum Gasteiger partial charge on any atom is 0.422 e. The van der Waals surface area contributed by atoms with Crippen molar-refractivity contribution < 1.29 is 40.3 Å². The number of amides is 1. The summed E-state index contributed by atoms with van der Waals surface area (Å²) in [5, 5.41) is 2.38. The van der Waals surface area contributed by atoms with Gasteiger partial charge in [0, 0.05) is 18.0 Å². The van der Waals surface area contributed by atoms with E-state index >= 15 is 0 Å². The third kappa shape index (κ3) is 7.05. The third-order valence-electron chi connectivity index (χ3n) is 6.17. The van der Waals surface area contributed by atoms with Gasteiger partial charge in [-0.3, -0.25) is 9.78 Å². The van der Waals surface area contributed by atoms with E-state index in [4.69, 9.17) is 4.74 Å². The number of aromatic nitrogens is 5. The van der Waals surface area contributed by atoms with Crippen LogP contribution in [0.15, 0.2) is 73.3 Å². The summed E-state index contributed by atoms with van der Waals surface area (Å²) >= 11 is 0. The summed E-state index contributed by atoms with van der Waals surface area (Å²) < 4.78 is 97.0. The number of pyridine rings is 2. The van der Waals surface area contributed by atoms with Gasteiger partial charge in [-0.2, -0.15) is 31.3 Å². The van der Waals surface area contributed by atoms with Gasteiger partial charge in [-0.1, -0.05) is 18.2 Å². The number of aromatic amines is 1. The molecule has 1 atom stereocenters. The predicted octanol–water partition coefficient (Wildman–Crippen LogP) is 6.84. The van der Waals surface area contributed by atoms with Crippen molar-refractivity contribution in [1.82, 2.24) is 24.9 Å². The molecule has 4 heterocycles. The highest BCUT2D eigenvalue weighted by Crippen LogP contribution is 2.39. The first-order chi connectivity index (χ1) is 20.4. The number of hydrogen-bond donors (Lipinski definition) is 2. The number of hydrogen-bond acceptors (Lipinski definition) is 6. The van der Waals surface area contributed by atoms with Crippen LogP contribution in [0, 0.1) is 5.82 Å². The van der Waals surface area contributed by atoms with E-state index in [9.17, 15) is 35.5 Å². The maximum atomic E-state index is 13.4. The van der Waals surface area contributed by atoms with E-state index in [1.807, 2.05) is 0 Å². The van der Waals surface area contributed by atoms with Crippen molar-refractivity contribution in [2.75, 3.05) is 11.9 Å². The number of rotatable bonds is 8. The lowest BCUT2D eigenvalue weighted by Gasteiger charge is -2.19. The number of H-pyrrole nitrogens is 1. The molecule has 5 rings (SSSR count). The summed E-state index contributed by atoms with van der Waals surface area (Å²) in [6, 6.07) is 11.9. The second-order valence-corrected chi connectivity index (χ2v) is 9.24. The van der Waals surface area contributed by atoms with E-state index < -0.39 is 43.0 Å². The van der Waals surface area contributed by atoms with E-state index in [-0.39, 0.29) is 34.0 Å². The predicted molar refractivity (Wildman–Crippen MR) is 140 cm³/mol. The van der Waals surface area contributed by atoms with E-state index in [1.165, 1.54) is 24.5 Å². The number of nitrogens with one attached hydrogen (secondary N) is 2. The van der Waals surface area contributed by atoms with Crippen molar-refractivity contribution in [3.8, 4) is 28.4 Å². The molecule has 0 saturated carbocycles. The Balaban J connectivity index is 1.54. The monoisotopic (exact) mass is 604 g/mol. The molecule has 1 aromatic carbocycles. The van der Waals surface area contributed by atoms with Gasteiger partial charge in [0.2, 0.25) is 11.8 Å². The fourth-order valence-corrected chi connectivity index (χ4v) is 4.37. The summed E-state index contributed by atoms with van der Waals surface area (Å²) in [5.74, 6) is -3.91. The minimum absolute atomic E-state index is 0.0337. The molecule has 0 fully saturated rings. The van der Waals surface area contributed by atoms with Crippen molar-refractivity contribution >= 4 is 22.8 Å². The third-order valence-corrected chi connectivity index (χ3v) is 6.17. The van der Waals surface area contributed by atoms with Crippen molar-refractivity contribution in [2.45, 2.75) is 24.7 Å². The lowest BCUT2D eigenvalue weighted by atomic mass is 9.94. The van der Waals surface area contributed by atoms with Gasteiger partial charge in [-0.15, -0.1) is 0 Å².